The van der Waals surface area contributed by atoms with Gasteiger partial charge < -0.3 is 4.74 Å². The lowest BCUT2D eigenvalue weighted by Gasteiger charge is -2.01. The maximum absolute atomic E-state index is 13.0. The van der Waals surface area contributed by atoms with Gasteiger partial charge in [-0.3, -0.25) is 19.7 Å². The molecule has 0 spiro atoms. The van der Waals surface area contributed by atoms with E-state index in [0.717, 1.165) is 12.8 Å². The number of carbonyl (C=O) groups is 1. The van der Waals surface area contributed by atoms with E-state index in [0.29, 0.717) is 16.9 Å². The van der Waals surface area contributed by atoms with Crippen LogP contribution in [0, 0.1) is 0 Å². The van der Waals surface area contributed by atoms with Crippen molar-refractivity contribution in [1.29, 1.82) is 0 Å². The highest BCUT2D eigenvalue weighted by Crippen LogP contribution is 2.23. The average molecular weight is 375 g/mol. The molecule has 6 nitrogen and oxygen atoms in total. The fourth-order valence-corrected chi connectivity index (χ4v) is 3.56. The number of benzene rings is 2. The van der Waals surface area contributed by atoms with Gasteiger partial charge in [-0.25, -0.2) is 4.68 Å². The molecule has 0 fully saturated rings. The van der Waals surface area contributed by atoms with E-state index in [1.54, 1.807) is 6.21 Å². The second-order valence-corrected chi connectivity index (χ2v) is 6.84. The third-order valence-corrected chi connectivity index (χ3v) is 5.01. The molecule has 1 aliphatic rings. The first kappa shape index (κ1) is 18.0. The fraction of sp³-hybridized carbons (Fsp3) is 0.227. The highest BCUT2D eigenvalue weighted by atomic mass is 16.5. The van der Waals surface area contributed by atoms with Gasteiger partial charge in [-0.2, -0.15) is 0 Å². The van der Waals surface area contributed by atoms with Gasteiger partial charge in [0.2, 0.25) is 0 Å². The Bertz CT molecular complexity index is 1050. The summed E-state index contributed by atoms with van der Waals surface area (Å²) in [5.74, 6) is -0.413. The summed E-state index contributed by atoms with van der Waals surface area (Å²) in [6.07, 6.45) is 3.30. The fourth-order valence-electron chi connectivity index (χ4n) is 3.56. The minimum atomic E-state index is -0.413. The number of nitrogens with zero attached hydrogens (tertiary/aromatic N) is 2. The molecule has 1 aromatic heterocycles. The zero-order valence-electron chi connectivity index (χ0n) is 15.6. The number of hydrogen-bond donors (Lipinski definition) is 1. The van der Waals surface area contributed by atoms with Crippen molar-refractivity contribution in [3.05, 3.63) is 87.3 Å². The van der Waals surface area contributed by atoms with Crippen LogP contribution >= 0.6 is 0 Å². The van der Waals surface area contributed by atoms with Crippen molar-refractivity contribution in [1.82, 2.24) is 9.78 Å². The normalized spacial score (nSPS) is 13.8. The van der Waals surface area contributed by atoms with Gasteiger partial charge in [0.15, 0.2) is 0 Å². The molecule has 6 heteroatoms. The van der Waals surface area contributed by atoms with Crippen molar-refractivity contribution in [2.45, 2.75) is 25.3 Å². The number of methoxy groups -OCH3 is 1. The van der Waals surface area contributed by atoms with Crippen molar-refractivity contribution < 1.29 is 9.53 Å². The van der Waals surface area contributed by atoms with Crippen LogP contribution in [0.5, 0.6) is 0 Å². The van der Waals surface area contributed by atoms with E-state index in [1.807, 2.05) is 42.5 Å². The summed E-state index contributed by atoms with van der Waals surface area (Å²) in [7, 11) is 1.33. The Morgan fingerprint density at radius 2 is 1.79 bits per heavy atom. The summed E-state index contributed by atoms with van der Waals surface area (Å²) in [5.41, 5.74) is 3.96. The highest BCUT2D eigenvalue weighted by Gasteiger charge is 2.21. The van der Waals surface area contributed by atoms with Crippen molar-refractivity contribution in [2.75, 3.05) is 7.11 Å². The maximum Gasteiger partial charge on any atom is 0.311 e. The first-order valence-electron chi connectivity index (χ1n) is 9.22. The second-order valence-electron chi connectivity index (χ2n) is 6.84. The van der Waals surface area contributed by atoms with Crippen LogP contribution in [-0.2, 0) is 28.8 Å². The van der Waals surface area contributed by atoms with Gasteiger partial charge in [-0.05, 0) is 36.1 Å². The van der Waals surface area contributed by atoms with Crippen LogP contribution in [0.25, 0.3) is 5.69 Å². The summed E-state index contributed by atoms with van der Waals surface area (Å²) in [4.78, 5) is 29.4. The zero-order valence-corrected chi connectivity index (χ0v) is 15.6. The number of aliphatic imine (C=N–C) groups is 1. The van der Waals surface area contributed by atoms with Gasteiger partial charge in [0.25, 0.3) is 5.56 Å². The van der Waals surface area contributed by atoms with Gasteiger partial charge in [0, 0.05) is 6.21 Å². The molecular weight excluding hydrogens is 354 g/mol. The van der Waals surface area contributed by atoms with Crippen molar-refractivity contribution in [3.63, 3.8) is 0 Å². The van der Waals surface area contributed by atoms with Gasteiger partial charge in [-0.1, -0.05) is 42.5 Å². The minimum absolute atomic E-state index is 0.0161. The predicted octanol–water partition coefficient (Wildman–Crippen LogP) is 2.47. The van der Waals surface area contributed by atoms with E-state index in [2.05, 4.69) is 22.2 Å². The average Bonchev–Trinajstić information content (AvgIpc) is 3.27. The first-order valence-corrected chi connectivity index (χ1v) is 9.22. The Morgan fingerprint density at radius 1 is 1.14 bits per heavy atom. The molecular formula is C22H21N3O3. The summed E-state index contributed by atoms with van der Waals surface area (Å²) in [6.45, 7) is 0. The molecule has 1 N–H and O–H groups in total. The van der Waals surface area contributed by atoms with Crippen LogP contribution in [0.4, 0.5) is 0 Å². The molecule has 0 saturated carbocycles. The molecule has 0 radical (unpaired) electrons. The Hall–Kier alpha value is -3.41. The number of hydrogen-bond acceptors (Lipinski definition) is 4. The topological polar surface area (TPSA) is 76.5 Å². The van der Waals surface area contributed by atoms with Crippen molar-refractivity contribution in [2.24, 2.45) is 4.99 Å². The van der Waals surface area contributed by atoms with Crippen molar-refractivity contribution >= 4 is 12.2 Å². The smallest absolute Gasteiger partial charge is 0.311 e. The molecule has 1 heterocycles. The molecule has 0 atom stereocenters. The number of ether oxygens (including phenoxy) is 1. The highest BCUT2D eigenvalue weighted by molar-refractivity contribution is 5.84. The number of esters is 1. The lowest BCUT2D eigenvalue weighted by Crippen LogP contribution is -2.17. The molecule has 0 bridgehead atoms. The summed E-state index contributed by atoms with van der Waals surface area (Å²) < 4.78 is 6.20. The number of carbonyl (C=O) groups excluding carboxylic acids is 1. The van der Waals surface area contributed by atoms with E-state index in [4.69, 9.17) is 4.74 Å². The third kappa shape index (κ3) is 3.53. The number of para-hydroxylation sites is 1. The number of fused-ring (bicyclic) bond motifs is 1. The number of rotatable bonds is 5. The minimum Gasteiger partial charge on any atom is -0.469 e. The quantitative estimate of drug-likeness (QED) is 0.550. The third-order valence-electron chi connectivity index (χ3n) is 5.01. The molecule has 0 amide bonds. The molecule has 2 aromatic carbocycles. The van der Waals surface area contributed by atoms with E-state index in [1.165, 1.54) is 22.9 Å². The Labute approximate surface area is 162 Å². The molecule has 4 rings (SSSR count). The number of aromatic nitrogens is 2. The standard InChI is InChI=1S/C22H21N3O3/c1-28-21(26)13-20-19(22(27)25(24-20)18-9-3-2-4-10-18)14-23-17-11-15-7-5-6-8-16(15)12-17/h2-10,14,17,24H,11-13H2,1H3. The van der Waals surface area contributed by atoms with Crippen LogP contribution in [0.2, 0.25) is 0 Å². The van der Waals surface area contributed by atoms with E-state index < -0.39 is 5.97 Å². The molecule has 0 unspecified atom stereocenters. The van der Waals surface area contributed by atoms with E-state index >= 15 is 0 Å². The Balaban J connectivity index is 1.66. The van der Waals surface area contributed by atoms with Crippen LogP contribution < -0.4 is 5.56 Å². The molecule has 142 valence electrons. The summed E-state index contributed by atoms with van der Waals surface area (Å²) >= 11 is 0. The SMILES string of the molecule is COC(=O)Cc1[nH]n(-c2ccccc2)c(=O)c1C=NC1Cc2ccccc2C1. The van der Waals surface area contributed by atoms with Crippen LogP contribution in [0.3, 0.4) is 0 Å². The first-order chi connectivity index (χ1) is 13.7. The van der Waals surface area contributed by atoms with Gasteiger partial charge in [-0.15, -0.1) is 0 Å². The second kappa shape index (κ2) is 7.68. The largest absolute Gasteiger partial charge is 0.469 e. The summed E-state index contributed by atoms with van der Waals surface area (Å²) in [6, 6.07) is 17.6. The number of H-pyrrole nitrogens is 1. The molecule has 0 aliphatic heterocycles. The van der Waals surface area contributed by atoms with E-state index in [9.17, 15) is 9.59 Å². The maximum atomic E-state index is 13.0. The van der Waals surface area contributed by atoms with Gasteiger partial charge in [0.05, 0.1) is 36.5 Å². The molecule has 0 saturated heterocycles. The number of nitrogens with one attached hydrogen (secondary N) is 1. The lowest BCUT2D eigenvalue weighted by atomic mass is 10.1. The molecule has 28 heavy (non-hydrogen) atoms. The number of aromatic amines is 1. The Kier molecular flexibility index (Phi) is 4.93. The van der Waals surface area contributed by atoms with Gasteiger partial charge in [0.1, 0.15) is 0 Å². The van der Waals surface area contributed by atoms with Gasteiger partial charge >= 0.3 is 5.97 Å². The van der Waals surface area contributed by atoms with Crippen LogP contribution in [0.15, 0.2) is 64.4 Å². The lowest BCUT2D eigenvalue weighted by molar-refractivity contribution is -0.139. The van der Waals surface area contributed by atoms with Crippen LogP contribution in [0.1, 0.15) is 22.4 Å². The monoisotopic (exact) mass is 375 g/mol. The predicted molar refractivity (Wildman–Crippen MR) is 107 cm³/mol. The zero-order chi connectivity index (χ0) is 19.5. The Morgan fingerprint density at radius 3 is 2.43 bits per heavy atom. The van der Waals surface area contributed by atoms with Crippen LogP contribution in [-0.4, -0.2) is 35.1 Å². The van der Waals surface area contributed by atoms with Crippen molar-refractivity contribution in [3.8, 4) is 5.69 Å². The van der Waals surface area contributed by atoms with E-state index in [-0.39, 0.29) is 18.0 Å². The summed E-state index contributed by atoms with van der Waals surface area (Å²) in [5, 5.41) is 3.04. The molecule has 1 aliphatic carbocycles. The molecule has 3 aromatic rings.